The molecular weight excluding hydrogens is 287 g/mol. The number of allylic oxidation sites excluding steroid dienone is 2. The summed E-state index contributed by atoms with van der Waals surface area (Å²) in [5, 5.41) is 0. The molecule has 4 aliphatic carbocycles. The van der Waals surface area contributed by atoms with Gasteiger partial charge < -0.3 is 0 Å². The summed E-state index contributed by atoms with van der Waals surface area (Å²) in [7, 11) is 0. The van der Waals surface area contributed by atoms with E-state index in [9.17, 15) is 4.79 Å². The van der Waals surface area contributed by atoms with Crippen LogP contribution in [0.25, 0.3) is 0 Å². The number of rotatable bonds is 0. The SMILES string of the molecule is C#C[C@@H]1CC[C@H]2[C@H]3[C@@H](C4=C(CC(=O)CC4)C[C@H]3C)[C@@H](F)C[C@]12C. The molecular formula is C21H27FO. The molecule has 0 aliphatic heterocycles. The van der Waals surface area contributed by atoms with Gasteiger partial charge in [0, 0.05) is 24.7 Å². The van der Waals surface area contributed by atoms with Crippen LogP contribution < -0.4 is 0 Å². The van der Waals surface area contributed by atoms with Gasteiger partial charge in [-0.05, 0) is 55.3 Å². The quantitative estimate of drug-likeness (QED) is 0.467. The van der Waals surface area contributed by atoms with Crippen molar-refractivity contribution in [2.24, 2.45) is 35.0 Å². The van der Waals surface area contributed by atoms with E-state index in [1.807, 2.05) is 0 Å². The molecule has 0 amide bonds. The number of alkyl halides is 1. The first kappa shape index (κ1) is 15.4. The Labute approximate surface area is 139 Å². The van der Waals surface area contributed by atoms with Crippen molar-refractivity contribution in [3.8, 4) is 12.3 Å². The van der Waals surface area contributed by atoms with Crippen molar-refractivity contribution in [3.63, 3.8) is 0 Å². The molecule has 2 fully saturated rings. The highest BCUT2D eigenvalue weighted by atomic mass is 19.1. The molecule has 4 aliphatic rings. The zero-order valence-electron chi connectivity index (χ0n) is 14.3. The topological polar surface area (TPSA) is 17.1 Å². The van der Waals surface area contributed by atoms with Crippen molar-refractivity contribution in [1.29, 1.82) is 0 Å². The predicted octanol–water partition coefficient (Wildman–Crippen LogP) is 4.72. The number of fused-ring (bicyclic) bond motifs is 4. The molecule has 1 nitrogen and oxygen atoms in total. The first-order chi connectivity index (χ1) is 11.0. The summed E-state index contributed by atoms with van der Waals surface area (Å²) in [6.07, 6.45) is 10.9. The molecule has 4 rings (SSSR count). The Morgan fingerprint density at radius 1 is 1.30 bits per heavy atom. The molecule has 0 heterocycles. The lowest BCUT2D eigenvalue weighted by molar-refractivity contribution is -0.119. The molecule has 0 radical (unpaired) electrons. The van der Waals surface area contributed by atoms with Gasteiger partial charge in [0.15, 0.2) is 0 Å². The Hall–Kier alpha value is -1.10. The van der Waals surface area contributed by atoms with Crippen molar-refractivity contribution in [2.45, 2.75) is 65.0 Å². The van der Waals surface area contributed by atoms with Crippen LogP contribution in [0, 0.1) is 47.3 Å². The minimum absolute atomic E-state index is 0.0217. The van der Waals surface area contributed by atoms with Crippen LogP contribution in [-0.2, 0) is 4.79 Å². The largest absolute Gasteiger partial charge is 0.299 e. The number of Topliss-reactive ketones (excluding diaryl/α,β-unsaturated/α-hetero) is 1. The third kappa shape index (κ3) is 2.08. The molecule has 0 aromatic heterocycles. The lowest BCUT2D eigenvalue weighted by Crippen LogP contribution is -2.51. The molecule has 0 N–H and O–H groups in total. The third-order valence-corrected chi connectivity index (χ3v) is 7.68. The van der Waals surface area contributed by atoms with Gasteiger partial charge in [0.2, 0.25) is 0 Å². The van der Waals surface area contributed by atoms with Gasteiger partial charge in [-0.25, -0.2) is 4.39 Å². The Morgan fingerprint density at radius 2 is 2.09 bits per heavy atom. The van der Waals surface area contributed by atoms with Crippen molar-refractivity contribution >= 4 is 5.78 Å². The standard InChI is InChI=1S/C21H27FO/c1-4-14-5-8-17-19-12(2)9-13-10-15(23)6-7-16(13)20(19)18(22)11-21(14,17)3/h1,12,14,17-20H,5-11H2,2-3H3/t12-,14-,17+,18+,19+,20+,21-/m1/s1. The lowest BCUT2D eigenvalue weighted by atomic mass is 9.50. The third-order valence-electron chi connectivity index (χ3n) is 7.68. The van der Waals surface area contributed by atoms with Crippen molar-refractivity contribution in [1.82, 2.24) is 0 Å². The van der Waals surface area contributed by atoms with E-state index in [0.717, 1.165) is 25.7 Å². The van der Waals surface area contributed by atoms with E-state index in [1.165, 1.54) is 11.1 Å². The number of halogens is 1. The summed E-state index contributed by atoms with van der Waals surface area (Å²) in [4.78, 5) is 11.8. The smallest absolute Gasteiger partial charge is 0.137 e. The van der Waals surface area contributed by atoms with Crippen molar-refractivity contribution < 1.29 is 9.18 Å². The molecule has 7 atom stereocenters. The van der Waals surface area contributed by atoms with Gasteiger partial charge in [-0.2, -0.15) is 0 Å². The molecule has 23 heavy (non-hydrogen) atoms. The van der Waals surface area contributed by atoms with Crippen LogP contribution in [0.4, 0.5) is 4.39 Å². The second kappa shape index (κ2) is 5.20. The van der Waals surface area contributed by atoms with Gasteiger partial charge in [0.25, 0.3) is 0 Å². The summed E-state index contributed by atoms with van der Waals surface area (Å²) in [6.45, 7) is 4.53. The van der Waals surface area contributed by atoms with Gasteiger partial charge in [-0.1, -0.05) is 25.0 Å². The maximum atomic E-state index is 15.4. The number of hydrogen-bond acceptors (Lipinski definition) is 1. The number of carbonyl (C=O) groups excluding carboxylic acids is 1. The summed E-state index contributed by atoms with van der Waals surface area (Å²) in [5.41, 5.74) is 2.59. The Morgan fingerprint density at radius 3 is 2.83 bits per heavy atom. The number of ketones is 1. The van der Waals surface area contributed by atoms with Gasteiger partial charge in [0.1, 0.15) is 12.0 Å². The molecule has 0 spiro atoms. The maximum absolute atomic E-state index is 15.4. The molecule has 0 unspecified atom stereocenters. The molecule has 0 aromatic rings. The van der Waals surface area contributed by atoms with Crippen LogP contribution in [0.15, 0.2) is 11.1 Å². The van der Waals surface area contributed by atoms with Gasteiger partial charge in [-0.15, -0.1) is 12.3 Å². The van der Waals surface area contributed by atoms with Gasteiger partial charge in [0.05, 0.1) is 0 Å². The number of hydrogen-bond donors (Lipinski definition) is 0. The van der Waals surface area contributed by atoms with Crippen LogP contribution in [0.3, 0.4) is 0 Å². The zero-order chi connectivity index (χ0) is 16.4. The molecule has 124 valence electrons. The second-order valence-electron chi connectivity index (χ2n) is 8.76. The Balaban J connectivity index is 1.75. The van der Waals surface area contributed by atoms with Crippen LogP contribution >= 0.6 is 0 Å². The fourth-order valence-corrected chi connectivity index (χ4v) is 6.72. The van der Waals surface area contributed by atoms with Crippen LogP contribution in [0.1, 0.15) is 58.8 Å². The van der Waals surface area contributed by atoms with E-state index < -0.39 is 6.17 Å². The monoisotopic (exact) mass is 314 g/mol. The van der Waals surface area contributed by atoms with E-state index in [1.54, 1.807) is 0 Å². The van der Waals surface area contributed by atoms with E-state index in [0.29, 0.717) is 42.8 Å². The highest BCUT2D eigenvalue weighted by Gasteiger charge is 2.59. The number of carbonyl (C=O) groups is 1. The fourth-order valence-electron chi connectivity index (χ4n) is 6.72. The van der Waals surface area contributed by atoms with Crippen molar-refractivity contribution in [3.05, 3.63) is 11.1 Å². The van der Waals surface area contributed by atoms with E-state index in [2.05, 4.69) is 19.8 Å². The summed E-state index contributed by atoms with van der Waals surface area (Å²) >= 11 is 0. The van der Waals surface area contributed by atoms with Crippen LogP contribution in [0.2, 0.25) is 0 Å². The second-order valence-corrected chi connectivity index (χ2v) is 8.76. The summed E-state index contributed by atoms with van der Waals surface area (Å²) < 4.78 is 15.4. The van der Waals surface area contributed by atoms with Crippen LogP contribution in [-0.4, -0.2) is 12.0 Å². The lowest BCUT2D eigenvalue weighted by Gasteiger charge is -2.55. The maximum Gasteiger partial charge on any atom is 0.137 e. The van der Waals surface area contributed by atoms with Gasteiger partial charge in [-0.3, -0.25) is 4.79 Å². The average Bonchev–Trinajstić information content (AvgIpc) is 2.82. The molecule has 2 saturated carbocycles. The Kier molecular flexibility index (Phi) is 3.49. The Bertz CT molecular complexity index is 612. The number of terminal acetylenes is 1. The van der Waals surface area contributed by atoms with Crippen molar-refractivity contribution in [2.75, 3.05) is 0 Å². The minimum atomic E-state index is -0.781. The highest BCUT2D eigenvalue weighted by molar-refractivity contribution is 5.82. The van der Waals surface area contributed by atoms with E-state index >= 15 is 4.39 Å². The van der Waals surface area contributed by atoms with E-state index in [4.69, 9.17) is 6.42 Å². The summed E-state index contributed by atoms with van der Waals surface area (Å²) in [6, 6.07) is 0. The molecule has 0 saturated heterocycles. The predicted molar refractivity (Wildman–Crippen MR) is 89.3 cm³/mol. The first-order valence-electron chi connectivity index (χ1n) is 9.28. The average molecular weight is 314 g/mol. The van der Waals surface area contributed by atoms with E-state index in [-0.39, 0.29) is 17.3 Å². The normalized spacial score (nSPS) is 49.2. The molecule has 2 heteroatoms. The van der Waals surface area contributed by atoms with Gasteiger partial charge >= 0.3 is 0 Å². The fraction of sp³-hybridized carbons (Fsp3) is 0.762. The summed E-state index contributed by atoms with van der Waals surface area (Å²) in [5.74, 6) is 5.08. The minimum Gasteiger partial charge on any atom is -0.299 e. The highest BCUT2D eigenvalue weighted by Crippen LogP contribution is 2.64. The molecule has 0 bridgehead atoms. The van der Waals surface area contributed by atoms with Crippen LogP contribution in [0.5, 0.6) is 0 Å². The molecule has 0 aromatic carbocycles. The zero-order valence-corrected chi connectivity index (χ0v) is 14.3. The first-order valence-corrected chi connectivity index (χ1v) is 9.28.